The molecule has 37 heavy (non-hydrogen) atoms. The van der Waals surface area contributed by atoms with Crippen LogP contribution in [0.1, 0.15) is 63.0 Å². The number of hydrogen-bond donors (Lipinski definition) is 2. The molecule has 1 amide bonds. The van der Waals surface area contributed by atoms with Crippen molar-refractivity contribution in [2.75, 3.05) is 19.0 Å². The summed E-state index contributed by atoms with van der Waals surface area (Å²) in [5.41, 5.74) is 5.96. The Morgan fingerprint density at radius 3 is 2.38 bits per heavy atom. The summed E-state index contributed by atoms with van der Waals surface area (Å²) in [5, 5.41) is 11.6. The van der Waals surface area contributed by atoms with E-state index in [0.717, 1.165) is 49.5 Å². The van der Waals surface area contributed by atoms with E-state index in [1.807, 2.05) is 30.3 Å². The monoisotopic (exact) mass is 503 g/mol. The zero-order valence-electron chi connectivity index (χ0n) is 22.0. The second-order valence-corrected chi connectivity index (χ2v) is 9.20. The van der Waals surface area contributed by atoms with Gasteiger partial charge < -0.3 is 19.9 Å². The number of hydrogen-bond acceptors (Lipinski definition) is 4. The first-order chi connectivity index (χ1) is 17.9. The Morgan fingerprint density at radius 1 is 0.973 bits per heavy atom. The number of ether oxygens (including phenoxy) is 2. The lowest BCUT2D eigenvalue weighted by atomic mass is 9.76. The highest BCUT2D eigenvalue weighted by Gasteiger charge is 2.24. The van der Waals surface area contributed by atoms with Crippen molar-refractivity contribution in [1.29, 1.82) is 0 Å². The van der Waals surface area contributed by atoms with Gasteiger partial charge >= 0.3 is 5.97 Å². The van der Waals surface area contributed by atoms with Crippen LogP contribution >= 0.6 is 0 Å². The molecule has 0 fully saturated rings. The number of benzene rings is 3. The molecule has 4 rings (SSSR count). The van der Waals surface area contributed by atoms with Gasteiger partial charge in [-0.3, -0.25) is 9.59 Å². The highest BCUT2D eigenvalue weighted by Crippen LogP contribution is 2.43. The molecule has 1 unspecified atom stereocenters. The predicted octanol–water partition coefficient (Wildman–Crippen LogP) is 7.08. The SMILES string of the molecule is CCCCOc1ccc(NC(C)=O)cc1.COc1ccc2c(c1)C(CCCC(=O)O)Cc1ccccc1-2. The molecule has 0 spiro atoms. The van der Waals surface area contributed by atoms with Gasteiger partial charge in [0, 0.05) is 19.0 Å². The number of anilines is 1. The largest absolute Gasteiger partial charge is 0.497 e. The minimum Gasteiger partial charge on any atom is -0.497 e. The van der Waals surface area contributed by atoms with Gasteiger partial charge in [-0.15, -0.1) is 0 Å². The Labute approximate surface area is 219 Å². The van der Waals surface area contributed by atoms with Gasteiger partial charge in [-0.1, -0.05) is 43.7 Å². The first kappa shape index (κ1) is 27.8. The Morgan fingerprint density at radius 2 is 1.70 bits per heavy atom. The number of amides is 1. The third-order valence-electron chi connectivity index (χ3n) is 6.36. The summed E-state index contributed by atoms with van der Waals surface area (Å²) in [4.78, 5) is 21.5. The van der Waals surface area contributed by atoms with E-state index in [4.69, 9.17) is 14.6 Å². The second-order valence-electron chi connectivity index (χ2n) is 9.20. The summed E-state index contributed by atoms with van der Waals surface area (Å²) in [6, 6.07) is 22.1. The Bertz CT molecular complexity index is 1170. The van der Waals surface area contributed by atoms with Crippen LogP contribution in [-0.2, 0) is 16.0 Å². The Hall–Kier alpha value is -3.80. The van der Waals surface area contributed by atoms with E-state index in [0.29, 0.717) is 12.3 Å². The van der Waals surface area contributed by atoms with Crippen molar-refractivity contribution in [2.24, 2.45) is 0 Å². The van der Waals surface area contributed by atoms with Gasteiger partial charge in [0.25, 0.3) is 0 Å². The van der Waals surface area contributed by atoms with Crippen LogP contribution in [-0.4, -0.2) is 30.7 Å². The third kappa shape index (κ3) is 8.38. The van der Waals surface area contributed by atoms with Crippen LogP contribution in [0.3, 0.4) is 0 Å². The maximum absolute atomic E-state index is 10.8. The summed E-state index contributed by atoms with van der Waals surface area (Å²) >= 11 is 0. The van der Waals surface area contributed by atoms with Crippen molar-refractivity contribution in [3.63, 3.8) is 0 Å². The van der Waals surface area contributed by atoms with Crippen molar-refractivity contribution in [2.45, 2.75) is 58.3 Å². The second kappa shape index (κ2) is 14.1. The van der Waals surface area contributed by atoms with E-state index >= 15 is 0 Å². The van der Waals surface area contributed by atoms with Crippen LogP contribution < -0.4 is 14.8 Å². The molecule has 0 bridgehead atoms. The van der Waals surface area contributed by atoms with Crippen molar-refractivity contribution >= 4 is 17.6 Å². The average molecular weight is 504 g/mol. The van der Waals surface area contributed by atoms with Crippen molar-refractivity contribution in [3.8, 4) is 22.6 Å². The Balaban J connectivity index is 0.000000222. The number of nitrogens with one attached hydrogen (secondary N) is 1. The van der Waals surface area contributed by atoms with E-state index in [1.165, 1.54) is 29.2 Å². The standard InChI is InChI=1S/C19H20O3.C12H17NO2/c1-22-15-9-10-17-16-7-3-2-5-13(16)11-14(18(17)12-15)6-4-8-19(20)21;1-3-4-9-15-12-7-5-11(6-8-12)13-10(2)14/h2-3,5,7,9-10,12,14H,4,6,8,11H2,1H3,(H,20,21);5-8H,3-4,9H2,1-2H3,(H,13,14). The van der Waals surface area contributed by atoms with Crippen LogP contribution in [0.4, 0.5) is 5.69 Å². The number of carbonyl (C=O) groups excluding carboxylic acids is 1. The summed E-state index contributed by atoms with van der Waals surface area (Å²) in [6.45, 7) is 4.37. The summed E-state index contributed by atoms with van der Waals surface area (Å²) in [5.74, 6) is 1.29. The summed E-state index contributed by atoms with van der Waals surface area (Å²) < 4.78 is 10.9. The van der Waals surface area contributed by atoms with E-state index in [-0.39, 0.29) is 12.3 Å². The normalized spacial score (nSPS) is 13.3. The zero-order valence-corrected chi connectivity index (χ0v) is 22.0. The van der Waals surface area contributed by atoms with E-state index < -0.39 is 5.97 Å². The third-order valence-corrected chi connectivity index (χ3v) is 6.36. The van der Waals surface area contributed by atoms with Crippen LogP contribution in [0, 0.1) is 0 Å². The van der Waals surface area contributed by atoms with Crippen molar-refractivity contribution < 1.29 is 24.2 Å². The molecule has 1 atom stereocenters. The van der Waals surface area contributed by atoms with Gasteiger partial charge in [0.15, 0.2) is 0 Å². The molecule has 0 saturated carbocycles. The molecule has 196 valence electrons. The minimum absolute atomic E-state index is 0.0605. The lowest BCUT2D eigenvalue weighted by Gasteiger charge is -2.28. The first-order valence-corrected chi connectivity index (χ1v) is 12.9. The molecule has 0 aromatic heterocycles. The minimum atomic E-state index is -0.720. The molecular formula is C31H37NO5. The van der Waals surface area contributed by atoms with Gasteiger partial charge in [-0.25, -0.2) is 0 Å². The molecular weight excluding hydrogens is 466 g/mol. The molecule has 3 aromatic rings. The first-order valence-electron chi connectivity index (χ1n) is 12.9. The number of fused-ring (bicyclic) bond motifs is 3. The van der Waals surface area contributed by atoms with Crippen LogP contribution in [0.15, 0.2) is 66.7 Å². The van der Waals surface area contributed by atoms with Crippen LogP contribution in [0.5, 0.6) is 11.5 Å². The maximum Gasteiger partial charge on any atom is 0.303 e. The van der Waals surface area contributed by atoms with Gasteiger partial charge in [-0.05, 0) is 90.3 Å². The summed E-state index contributed by atoms with van der Waals surface area (Å²) in [6.07, 6.45) is 4.99. The van der Waals surface area contributed by atoms with Gasteiger partial charge in [-0.2, -0.15) is 0 Å². The fourth-order valence-corrected chi connectivity index (χ4v) is 4.52. The van der Waals surface area contributed by atoms with Gasteiger partial charge in [0.2, 0.25) is 5.91 Å². The molecule has 0 heterocycles. The van der Waals surface area contributed by atoms with E-state index in [2.05, 4.69) is 48.6 Å². The van der Waals surface area contributed by atoms with Crippen LogP contribution in [0.2, 0.25) is 0 Å². The molecule has 0 saturated heterocycles. The zero-order chi connectivity index (χ0) is 26.6. The molecule has 2 N–H and O–H groups in total. The number of aliphatic carboxylic acids is 1. The Kier molecular flexibility index (Phi) is 10.6. The maximum atomic E-state index is 10.8. The molecule has 3 aromatic carbocycles. The number of carbonyl (C=O) groups is 2. The molecule has 1 aliphatic carbocycles. The van der Waals surface area contributed by atoms with Gasteiger partial charge in [0.05, 0.1) is 13.7 Å². The molecule has 0 radical (unpaired) electrons. The molecule has 6 nitrogen and oxygen atoms in total. The number of methoxy groups -OCH3 is 1. The lowest BCUT2D eigenvalue weighted by molar-refractivity contribution is -0.137. The van der Waals surface area contributed by atoms with Crippen LogP contribution in [0.25, 0.3) is 11.1 Å². The molecule has 1 aliphatic rings. The highest BCUT2D eigenvalue weighted by molar-refractivity contribution is 5.88. The molecule has 0 aliphatic heterocycles. The predicted molar refractivity (Wildman–Crippen MR) is 148 cm³/mol. The summed E-state index contributed by atoms with van der Waals surface area (Å²) in [7, 11) is 1.68. The van der Waals surface area contributed by atoms with E-state index in [1.54, 1.807) is 7.11 Å². The number of carboxylic acids is 1. The van der Waals surface area contributed by atoms with Crippen molar-refractivity contribution in [1.82, 2.24) is 0 Å². The lowest BCUT2D eigenvalue weighted by Crippen LogP contribution is -2.12. The average Bonchev–Trinajstić information content (AvgIpc) is 2.89. The topological polar surface area (TPSA) is 84.9 Å². The number of unbranched alkanes of at least 4 members (excludes halogenated alkanes) is 1. The molecule has 6 heteroatoms. The van der Waals surface area contributed by atoms with E-state index in [9.17, 15) is 9.59 Å². The van der Waals surface area contributed by atoms with Gasteiger partial charge in [0.1, 0.15) is 11.5 Å². The fraction of sp³-hybridized carbons (Fsp3) is 0.355. The quantitative estimate of drug-likeness (QED) is 0.289. The fourth-order valence-electron chi connectivity index (χ4n) is 4.52. The number of rotatable bonds is 10. The highest BCUT2D eigenvalue weighted by atomic mass is 16.5. The van der Waals surface area contributed by atoms with Crippen molar-refractivity contribution in [3.05, 3.63) is 77.9 Å². The smallest absolute Gasteiger partial charge is 0.303 e. The number of carboxylic acid groups (broad SMARTS) is 1.